The van der Waals surface area contributed by atoms with Crippen molar-refractivity contribution in [2.24, 2.45) is 7.05 Å². The minimum Gasteiger partial charge on any atom is -0.300 e. The number of aromatic nitrogens is 4. The average Bonchev–Trinajstić information content (AvgIpc) is 2.30. The summed E-state index contributed by atoms with van der Waals surface area (Å²) < 4.78 is 2.90. The Bertz CT molecular complexity index is 441. The summed E-state index contributed by atoms with van der Waals surface area (Å²) in [5.41, 5.74) is 0.468. The third-order valence-electron chi connectivity index (χ3n) is 1.51. The molecule has 0 N–H and O–H groups in total. The van der Waals surface area contributed by atoms with Crippen LogP contribution in [0.15, 0.2) is 23.4 Å². The maximum atomic E-state index is 11.2. The van der Waals surface area contributed by atoms with E-state index in [-0.39, 0.29) is 5.69 Å². The van der Waals surface area contributed by atoms with Gasteiger partial charge in [0.1, 0.15) is 0 Å². The lowest BCUT2D eigenvalue weighted by Gasteiger charge is -1.84. The van der Waals surface area contributed by atoms with E-state index in [9.17, 15) is 4.79 Å². The van der Waals surface area contributed by atoms with Crippen LogP contribution in [0.25, 0.3) is 5.65 Å². The molecule has 0 spiro atoms. The summed E-state index contributed by atoms with van der Waals surface area (Å²) in [5, 5.41) is 7.40. The fourth-order valence-electron chi connectivity index (χ4n) is 0.962. The summed E-state index contributed by atoms with van der Waals surface area (Å²) in [4.78, 5) is 11.2. The van der Waals surface area contributed by atoms with Crippen LogP contribution in [0.1, 0.15) is 0 Å². The van der Waals surface area contributed by atoms with E-state index in [2.05, 4.69) is 10.2 Å². The Morgan fingerprint density at radius 3 is 3.09 bits per heavy atom. The molecule has 0 aliphatic carbocycles. The number of rotatable bonds is 0. The Labute approximate surface area is 61.9 Å². The first-order valence-corrected chi connectivity index (χ1v) is 3.14. The summed E-state index contributed by atoms with van der Waals surface area (Å²) in [6.45, 7) is 0. The van der Waals surface area contributed by atoms with Gasteiger partial charge in [0.15, 0.2) is 5.65 Å². The number of imidazole rings is 1. The molecular weight excluding hydrogens is 144 g/mol. The van der Waals surface area contributed by atoms with Gasteiger partial charge >= 0.3 is 5.69 Å². The van der Waals surface area contributed by atoms with Crippen LogP contribution >= 0.6 is 0 Å². The maximum absolute atomic E-state index is 11.2. The fourth-order valence-corrected chi connectivity index (χ4v) is 0.962. The van der Waals surface area contributed by atoms with Gasteiger partial charge in [0.25, 0.3) is 0 Å². The minimum absolute atomic E-state index is 0.102. The van der Waals surface area contributed by atoms with Gasteiger partial charge in [-0.05, 0) is 0 Å². The minimum atomic E-state index is -0.102. The monoisotopic (exact) mass is 150 g/mol. The molecule has 2 heterocycles. The highest BCUT2D eigenvalue weighted by Gasteiger charge is 1.99. The lowest BCUT2D eigenvalue weighted by Crippen LogP contribution is -2.16. The van der Waals surface area contributed by atoms with E-state index in [1.54, 1.807) is 19.4 Å². The van der Waals surface area contributed by atoms with Crippen LogP contribution in [-0.2, 0) is 7.05 Å². The molecule has 0 aliphatic heterocycles. The second-order valence-electron chi connectivity index (χ2n) is 2.26. The van der Waals surface area contributed by atoms with Crippen molar-refractivity contribution in [1.82, 2.24) is 19.2 Å². The largest absolute Gasteiger partial charge is 0.333 e. The van der Waals surface area contributed by atoms with Crippen molar-refractivity contribution < 1.29 is 0 Å². The first kappa shape index (κ1) is 6.09. The second kappa shape index (κ2) is 1.91. The zero-order valence-corrected chi connectivity index (χ0v) is 5.93. The highest BCUT2D eigenvalue weighted by molar-refractivity contribution is 5.32. The van der Waals surface area contributed by atoms with Crippen LogP contribution < -0.4 is 5.69 Å². The van der Waals surface area contributed by atoms with E-state index in [1.807, 2.05) is 0 Å². The van der Waals surface area contributed by atoms with Crippen molar-refractivity contribution in [3.63, 3.8) is 0 Å². The van der Waals surface area contributed by atoms with Crippen LogP contribution in [-0.4, -0.2) is 19.2 Å². The summed E-state index contributed by atoms with van der Waals surface area (Å²) in [6, 6.07) is 0. The maximum Gasteiger partial charge on any atom is 0.333 e. The molecule has 0 radical (unpaired) electrons. The van der Waals surface area contributed by atoms with Crippen LogP contribution in [0.5, 0.6) is 0 Å². The van der Waals surface area contributed by atoms with E-state index in [0.29, 0.717) is 5.65 Å². The third-order valence-corrected chi connectivity index (χ3v) is 1.51. The molecular formula is C6H6N4O. The van der Waals surface area contributed by atoms with Gasteiger partial charge in [0.05, 0.1) is 12.4 Å². The van der Waals surface area contributed by atoms with Gasteiger partial charge in [0, 0.05) is 13.2 Å². The molecule has 56 valence electrons. The first-order chi connectivity index (χ1) is 5.29. The van der Waals surface area contributed by atoms with Gasteiger partial charge in [-0.1, -0.05) is 0 Å². The van der Waals surface area contributed by atoms with Crippen molar-refractivity contribution in [3.05, 3.63) is 29.1 Å². The molecule has 0 bridgehead atoms. The molecule has 0 aliphatic rings. The van der Waals surface area contributed by atoms with E-state index in [0.717, 1.165) is 0 Å². The van der Waals surface area contributed by atoms with Crippen molar-refractivity contribution in [1.29, 1.82) is 0 Å². The molecule has 0 amide bonds. The summed E-state index contributed by atoms with van der Waals surface area (Å²) in [6.07, 6.45) is 4.70. The molecule has 11 heavy (non-hydrogen) atoms. The molecule has 5 heteroatoms. The Morgan fingerprint density at radius 2 is 2.36 bits per heavy atom. The van der Waals surface area contributed by atoms with Gasteiger partial charge in [0.2, 0.25) is 0 Å². The predicted octanol–water partition coefficient (Wildman–Crippen LogP) is -0.572. The third kappa shape index (κ3) is 0.739. The van der Waals surface area contributed by atoms with Gasteiger partial charge < -0.3 is 0 Å². The van der Waals surface area contributed by atoms with E-state index in [4.69, 9.17) is 0 Å². The van der Waals surface area contributed by atoms with Crippen LogP contribution in [0.4, 0.5) is 0 Å². The Kier molecular flexibility index (Phi) is 1.06. The van der Waals surface area contributed by atoms with Crippen LogP contribution in [0, 0.1) is 0 Å². The zero-order chi connectivity index (χ0) is 7.84. The topological polar surface area (TPSA) is 52.2 Å². The lowest BCUT2D eigenvalue weighted by molar-refractivity contribution is 0.834. The molecule has 0 aromatic carbocycles. The van der Waals surface area contributed by atoms with Crippen molar-refractivity contribution >= 4 is 5.65 Å². The number of hydrogen-bond donors (Lipinski definition) is 0. The first-order valence-electron chi connectivity index (χ1n) is 3.14. The highest BCUT2D eigenvalue weighted by atomic mass is 16.1. The van der Waals surface area contributed by atoms with E-state index in [1.165, 1.54) is 15.2 Å². The standard InChI is InChI=1S/C6H6N4O/c1-9-4-5-8-7-2-3-10(5)6(9)11/h2-4H,1H3. The molecule has 2 rings (SSSR count). The average molecular weight is 150 g/mol. The SMILES string of the molecule is Cn1cc2nnccn2c1=O. The van der Waals surface area contributed by atoms with E-state index >= 15 is 0 Å². The molecule has 0 saturated carbocycles. The highest BCUT2D eigenvalue weighted by Crippen LogP contribution is 1.89. The number of fused-ring (bicyclic) bond motifs is 1. The van der Waals surface area contributed by atoms with Gasteiger partial charge in [-0.25, -0.2) is 9.20 Å². The smallest absolute Gasteiger partial charge is 0.300 e. The second-order valence-corrected chi connectivity index (χ2v) is 2.26. The van der Waals surface area contributed by atoms with Gasteiger partial charge in [-0.2, -0.15) is 5.10 Å². The molecule has 5 nitrogen and oxygen atoms in total. The van der Waals surface area contributed by atoms with Crippen molar-refractivity contribution in [2.45, 2.75) is 0 Å². The molecule has 0 fully saturated rings. The van der Waals surface area contributed by atoms with Crippen molar-refractivity contribution in [3.8, 4) is 0 Å². The fraction of sp³-hybridized carbons (Fsp3) is 0.167. The van der Waals surface area contributed by atoms with Crippen molar-refractivity contribution in [2.75, 3.05) is 0 Å². The quantitative estimate of drug-likeness (QED) is 0.505. The number of hydrogen-bond acceptors (Lipinski definition) is 3. The van der Waals surface area contributed by atoms with Gasteiger partial charge in [-0.3, -0.25) is 4.57 Å². The van der Waals surface area contributed by atoms with Crippen LogP contribution in [0.2, 0.25) is 0 Å². The molecule has 0 unspecified atom stereocenters. The number of nitrogens with zero attached hydrogens (tertiary/aromatic N) is 4. The lowest BCUT2D eigenvalue weighted by atomic mass is 10.7. The molecule has 0 saturated heterocycles. The summed E-state index contributed by atoms with van der Waals surface area (Å²) in [5.74, 6) is 0. The summed E-state index contributed by atoms with van der Waals surface area (Å²) in [7, 11) is 1.68. The van der Waals surface area contributed by atoms with Crippen LogP contribution in [0.3, 0.4) is 0 Å². The number of aryl methyl sites for hydroxylation is 1. The van der Waals surface area contributed by atoms with Gasteiger partial charge in [-0.15, -0.1) is 5.10 Å². The molecule has 2 aromatic rings. The normalized spacial score (nSPS) is 10.6. The molecule has 2 aromatic heterocycles. The summed E-state index contributed by atoms with van der Waals surface area (Å²) >= 11 is 0. The Morgan fingerprint density at radius 1 is 1.55 bits per heavy atom. The molecule has 0 atom stereocenters. The predicted molar refractivity (Wildman–Crippen MR) is 38.2 cm³/mol. The Hall–Kier alpha value is -1.65. The Balaban J connectivity index is 3.04. The van der Waals surface area contributed by atoms with E-state index < -0.39 is 0 Å². The zero-order valence-electron chi connectivity index (χ0n) is 5.93.